The van der Waals surface area contributed by atoms with Crippen LogP contribution in [0.5, 0.6) is 0 Å². The molecule has 2 aromatic rings. The van der Waals surface area contributed by atoms with E-state index < -0.39 is 0 Å². The predicted molar refractivity (Wildman–Crippen MR) is 87.0 cm³/mol. The Morgan fingerprint density at radius 3 is 2.65 bits per heavy atom. The zero-order valence-electron chi connectivity index (χ0n) is 8.76. The molecular formula is C12H7Br2IOS. The van der Waals surface area contributed by atoms with Crippen molar-refractivity contribution in [3.05, 3.63) is 52.1 Å². The van der Waals surface area contributed by atoms with Gasteiger partial charge in [-0.25, -0.2) is 0 Å². The van der Waals surface area contributed by atoms with E-state index in [1.54, 1.807) is 0 Å². The first-order chi connectivity index (χ1) is 8.02. The molecule has 0 spiro atoms. The number of carbonyl (C=O) groups is 1. The molecular weight excluding hydrogens is 479 g/mol. The van der Waals surface area contributed by atoms with Gasteiger partial charge in [0.1, 0.15) is 0 Å². The van der Waals surface area contributed by atoms with E-state index in [2.05, 4.69) is 54.5 Å². The molecule has 0 radical (unpaired) electrons. The first kappa shape index (κ1) is 13.7. The van der Waals surface area contributed by atoms with Gasteiger partial charge in [0.2, 0.25) is 5.78 Å². The second-order valence-corrected chi connectivity index (χ2v) is 7.10. The Kier molecular flexibility index (Phi) is 4.44. The number of benzene rings is 1. The average molecular weight is 486 g/mol. The maximum absolute atomic E-state index is 12.4. The molecule has 0 amide bonds. The number of hydrogen-bond acceptors (Lipinski definition) is 2. The molecule has 0 aliphatic carbocycles. The van der Waals surface area contributed by atoms with Gasteiger partial charge in [0, 0.05) is 19.0 Å². The van der Waals surface area contributed by atoms with Crippen molar-refractivity contribution in [1.29, 1.82) is 0 Å². The topological polar surface area (TPSA) is 17.1 Å². The molecule has 0 saturated heterocycles. The fourth-order valence-electron chi connectivity index (χ4n) is 1.42. The lowest BCUT2D eigenvalue weighted by Crippen LogP contribution is -2.03. The highest BCUT2D eigenvalue weighted by Gasteiger charge is 2.19. The summed E-state index contributed by atoms with van der Waals surface area (Å²) < 4.78 is 2.78. The Bertz CT molecular complexity index is 592. The molecule has 0 atom stereocenters. The molecule has 0 saturated carbocycles. The molecule has 5 heteroatoms. The van der Waals surface area contributed by atoms with E-state index in [0.29, 0.717) is 0 Å². The van der Waals surface area contributed by atoms with Crippen molar-refractivity contribution in [2.75, 3.05) is 0 Å². The number of thiophene rings is 1. The standard InChI is InChI=1S/C12H7Br2IOS/c1-6-3-2-4-7(10(6)15)11(16)12-9(14)8(13)5-17-12/h2-5H,1H3. The zero-order chi connectivity index (χ0) is 12.6. The van der Waals surface area contributed by atoms with Crippen LogP contribution in [0.3, 0.4) is 0 Å². The quantitative estimate of drug-likeness (QED) is 0.410. The van der Waals surface area contributed by atoms with E-state index in [1.165, 1.54) is 11.3 Å². The van der Waals surface area contributed by atoms with Crippen LogP contribution in [-0.4, -0.2) is 5.78 Å². The number of ketones is 1. The smallest absolute Gasteiger partial charge is 0.205 e. The Morgan fingerprint density at radius 2 is 2.06 bits per heavy atom. The Balaban J connectivity index is 2.51. The highest BCUT2D eigenvalue weighted by molar-refractivity contribution is 14.1. The molecule has 0 aliphatic heterocycles. The van der Waals surface area contributed by atoms with Crippen LogP contribution < -0.4 is 0 Å². The second kappa shape index (κ2) is 5.50. The molecule has 1 heterocycles. The Labute approximate surface area is 134 Å². The maximum Gasteiger partial charge on any atom is 0.205 e. The minimum absolute atomic E-state index is 0.0701. The minimum Gasteiger partial charge on any atom is -0.288 e. The third-order valence-corrected chi connectivity index (χ3v) is 7.29. The van der Waals surface area contributed by atoms with Gasteiger partial charge < -0.3 is 0 Å². The zero-order valence-corrected chi connectivity index (χ0v) is 14.9. The number of aryl methyl sites for hydroxylation is 1. The van der Waals surface area contributed by atoms with Crippen molar-refractivity contribution in [2.24, 2.45) is 0 Å². The molecule has 1 nitrogen and oxygen atoms in total. The predicted octanol–water partition coefficient (Wildman–Crippen LogP) is 5.42. The molecule has 2 rings (SSSR count). The summed E-state index contributed by atoms with van der Waals surface area (Å²) >= 11 is 10.5. The average Bonchev–Trinajstić information content (AvgIpc) is 2.63. The van der Waals surface area contributed by atoms with E-state index >= 15 is 0 Å². The molecule has 0 aliphatic rings. The van der Waals surface area contributed by atoms with E-state index in [0.717, 1.165) is 28.5 Å². The van der Waals surface area contributed by atoms with Crippen LogP contribution in [0.25, 0.3) is 0 Å². The molecule has 17 heavy (non-hydrogen) atoms. The van der Waals surface area contributed by atoms with Crippen LogP contribution in [0.15, 0.2) is 32.5 Å². The molecule has 1 aromatic heterocycles. The van der Waals surface area contributed by atoms with Crippen LogP contribution in [0.4, 0.5) is 0 Å². The molecule has 0 unspecified atom stereocenters. The summed E-state index contributed by atoms with van der Waals surface area (Å²) in [6.45, 7) is 2.01. The third kappa shape index (κ3) is 2.67. The summed E-state index contributed by atoms with van der Waals surface area (Å²) in [4.78, 5) is 13.1. The van der Waals surface area contributed by atoms with Crippen LogP contribution in [0.2, 0.25) is 0 Å². The summed E-state index contributed by atoms with van der Waals surface area (Å²) in [6, 6.07) is 5.80. The largest absolute Gasteiger partial charge is 0.288 e. The lowest BCUT2D eigenvalue weighted by Gasteiger charge is -2.05. The summed E-state index contributed by atoms with van der Waals surface area (Å²) in [5.74, 6) is 0.0701. The highest BCUT2D eigenvalue weighted by Crippen LogP contribution is 2.34. The second-order valence-electron chi connectivity index (χ2n) is 3.49. The van der Waals surface area contributed by atoms with Gasteiger partial charge in [-0.15, -0.1) is 11.3 Å². The first-order valence-corrected chi connectivity index (χ1v) is 8.29. The summed E-state index contributed by atoms with van der Waals surface area (Å²) in [6.07, 6.45) is 0. The van der Waals surface area contributed by atoms with Gasteiger partial charge in [-0.05, 0) is 73.0 Å². The monoisotopic (exact) mass is 484 g/mol. The molecule has 0 bridgehead atoms. The molecule has 88 valence electrons. The summed E-state index contributed by atoms with van der Waals surface area (Å²) in [5.41, 5.74) is 1.89. The van der Waals surface area contributed by atoms with Crippen molar-refractivity contribution in [3.8, 4) is 0 Å². The van der Waals surface area contributed by atoms with Crippen LogP contribution in [-0.2, 0) is 0 Å². The number of carbonyl (C=O) groups excluding carboxylic acids is 1. The van der Waals surface area contributed by atoms with E-state index in [-0.39, 0.29) is 5.78 Å². The fraction of sp³-hybridized carbons (Fsp3) is 0.0833. The van der Waals surface area contributed by atoms with Crippen LogP contribution >= 0.6 is 65.8 Å². The van der Waals surface area contributed by atoms with Crippen molar-refractivity contribution >= 4 is 71.6 Å². The van der Waals surface area contributed by atoms with Crippen molar-refractivity contribution in [1.82, 2.24) is 0 Å². The van der Waals surface area contributed by atoms with Crippen molar-refractivity contribution < 1.29 is 4.79 Å². The molecule has 0 N–H and O–H groups in total. The van der Waals surface area contributed by atoms with Gasteiger partial charge >= 0.3 is 0 Å². The van der Waals surface area contributed by atoms with Gasteiger partial charge in [0.05, 0.1) is 9.35 Å². The summed E-state index contributed by atoms with van der Waals surface area (Å²) in [7, 11) is 0. The lowest BCUT2D eigenvalue weighted by atomic mass is 10.1. The van der Waals surface area contributed by atoms with Gasteiger partial charge in [-0.1, -0.05) is 12.1 Å². The van der Waals surface area contributed by atoms with Crippen LogP contribution in [0, 0.1) is 10.5 Å². The first-order valence-electron chi connectivity index (χ1n) is 4.74. The normalized spacial score (nSPS) is 10.6. The third-order valence-electron chi connectivity index (χ3n) is 2.33. The van der Waals surface area contributed by atoms with Gasteiger partial charge in [-0.3, -0.25) is 4.79 Å². The maximum atomic E-state index is 12.4. The number of hydrogen-bond donors (Lipinski definition) is 0. The molecule has 1 aromatic carbocycles. The van der Waals surface area contributed by atoms with E-state index in [4.69, 9.17) is 0 Å². The van der Waals surface area contributed by atoms with E-state index in [9.17, 15) is 4.79 Å². The van der Waals surface area contributed by atoms with Crippen molar-refractivity contribution in [2.45, 2.75) is 6.92 Å². The van der Waals surface area contributed by atoms with E-state index in [1.807, 2.05) is 30.5 Å². The Morgan fingerprint density at radius 1 is 1.35 bits per heavy atom. The summed E-state index contributed by atoms with van der Waals surface area (Å²) in [5, 5.41) is 1.92. The Hall–Kier alpha value is 0.280. The molecule has 0 fully saturated rings. The van der Waals surface area contributed by atoms with Gasteiger partial charge in [-0.2, -0.15) is 0 Å². The minimum atomic E-state index is 0.0701. The number of halogens is 3. The SMILES string of the molecule is Cc1cccc(C(=O)c2scc(Br)c2Br)c1I. The van der Waals surface area contributed by atoms with Gasteiger partial charge in [0.15, 0.2) is 0 Å². The fourth-order valence-corrected chi connectivity index (χ4v) is 4.13. The van der Waals surface area contributed by atoms with Crippen molar-refractivity contribution in [3.63, 3.8) is 0 Å². The van der Waals surface area contributed by atoms with Gasteiger partial charge in [0.25, 0.3) is 0 Å². The lowest BCUT2D eigenvalue weighted by molar-refractivity contribution is 0.104. The highest BCUT2D eigenvalue weighted by atomic mass is 127. The number of rotatable bonds is 2. The van der Waals surface area contributed by atoms with Crippen LogP contribution in [0.1, 0.15) is 20.8 Å².